The van der Waals surface area contributed by atoms with Crippen molar-refractivity contribution in [3.63, 3.8) is 0 Å². The fourth-order valence-corrected chi connectivity index (χ4v) is 3.12. The third kappa shape index (κ3) is 2.76. The van der Waals surface area contributed by atoms with E-state index in [9.17, 15) is 0 Å². The average molecular weight is 245 g/mol. The Kier molecular flexibility index (Phi) is 3.40. The number of aliphatic hydroxyl groups is 1. The predicted octanol–water partition coefficient (Wildman–Crippen LogP) is 2.80. The molecule has 0 aromatic heterocycles. The first-order valence-corrected chi connectivity index (χ1v) is 7.17. The van der Waals surface area contributed by atoms with E-state index in [0.29, 0.717) is 0 Å². The van der Waals surface area contributed by atoms with Gasteiger partial charge in [0.15, 0.2) is 0 Å². The molecule has 3 rings (SSSR count). The molecule has 0 saturated heterocycles. The Labute approximate surface area is 110 Å². The van der Waals surface area contributed by atoms with Gasteiger partial charge in [-0.1, -0.05) is 24.3 Å². The Morgan fingerprint density at radius 2 is 1.56 bits per heavy atom. The maximum absolute atomic E-state index is 9.05. The normalized spacial score (nSPS) is 19.8. The highest BCUT2D eigenvalue weighted by Crippen LogP contribution is 2.47. The SMILES string of the molecule is CN(Cc1ccc(CO)cc1)C(C1CC1)C1CC1. The van der Waals surface area contributed by atoms with Crippen LogP contribution in [-0.2, 0) is 13.2 Å². The molecule has 0 spiro atoms. The Bertz CT molecular complexity index is 380. The maximum atomic E-state index is 9.05. The van der Waals surface area contributed by atoms with E-state index in [1.807, 2.05) is 12.1 Å². The van der Waals surface area contributed by atoms with Crippen LogP contribution in [0, 0.1) is 11.8 Å². The molecule has 0 amide bonds. The number of rotatable bonds is 6. The third-order valence-corrected chi connectivity index (χ3v) is 4.36. The summed E-state index contributed by atoms with van der Waals surface area (Å²) in [5, 5.41) is 9.05. The molecule has 0 aliphatic heterocycles. The lowest BCUT2D eigenvalue weighted by Gasteiger charge is -2.28. The fraction of sp³-hybridized carbons (Fsp3) is 0.625. The minimum atomic E-state index is 0.142. The van der Waals surface area contributed by atoms with Crippen molar-refractivity contribution in [3.05, 3.63) is 35.4 Å². The highest BCUT2D eigenvalue weighted by molar-refractivity contribution is 5.22. The van der Waals surface area contributed by atoms with E-state index in [1.165, 1.54) is 31.2 Å². The molecule has 0 unspecified atom stereocenters. The largest absolute Gasteiger partial charge is 0.392 e. The third-order valence-electron chi connectivity index (χ3n) is 4.36. The smallest absolute Gasteiger partial charge is 0.0681 e. The van der Waals surface area contributed by atoms with E-state index in [4.69, 9.17) is 5.11 Å². The van der Waals surface area contributed by atoms with E-state index >= 15 is 0 Å². The second kappa shape index (κ2) is 5.02. The molecule has 0 bridgehead atoms. The Hall–Kier alpha value is -0.860. The fourth-order valence-electron chi connectivity index (χ4n) is 3.12. The summed E-state index contributed by atoms with van der Waals surface area (Å²) in [6, 6.07) is 9.19. The van der Waals surface area contributed by atoms with Gasteiger partial charge in [-0.25, -0.2) is 0 Å². The van der Waals surface area contributed by atoms with E-state index in [2.05, 4.69) is 24.1 Å². The summed E-state index contributed by atoms with van der Waals surface area (Å²) in [5.74, 6) is 1.94. The summed E-state index contributed by atoms with van der Waals surface area (Å²) in [7, 11) is 2.28. The van der Waals surface area contributed by atoms with Gasteiger partial charge >= 0.3 is 0 Å². The van der Waals surface area contributed by atoms with Crippen molar-refractivity contribution in [2.75, 3.05) is 7.05 Å². The van der Waals surface area contributed by atoms with E-state index in [1.54, 1.807) is 0 Å². The van der Waals surface area contributed by atoms with Crippen LogP contribution < -0.4 is 0 Å². The number of hydrogen-bond donors (Lipinski definition) is 1. The highest BCUT2D eigenvalue weighted by Gasteiger charge is 2.43. The van der Waals surface area contributed by atoms with Gasteiger partial charge in [-0.05, 0) is 55.7 Å². The van der Waals surface area contributed by atoms with Crippen molar-refractivity contribution in [1.29, 1.82) is 0 Å². The zero-order valence-electron chi connectivity index (χ0n) is 11.2. The van der Waals surface area contributed by atoms with Crippen LogP contribution in [0.15, 0.2) is 24.3 Å². The second-order valence-electron chi connectivity index (χ2n) is 6.06. The minimum absolute atomic E-state index is 0.142. The van der Waals surface area contributed by atoms with E-state index in [0.717, 1.165) is 30.0 Å². The first kappa shape index (κ1) is 12.2. The first-order valence-electron chi connectivity index (χ1n) is 7.17. The van der Waals surface area contributed by atoms with Crippen LogP contribution in [0.25, 0.3) is 0 Å². The van der Waals surface area contributed by atoms with Crippen molar-refractivity contribution in [2.45, 2.75) is 44.9 Å². The maximum Gasteiger partial charge on any atom is 0.0681 e. The summed E-state index contributed by atoms with van der Waals surface area (Å²) in [5.41, 5.74) is 2.36. The molecule has 1 aromatic carbocycles. The molecule has 1 N–H and O–H groups in total. The molecular weight excluding hydrogens is 222 g/mol. The van der Waals surface area contributed by atoms with Crippen LogP contribution in [0.2, 0.25) is 0 Å². The van der Waals surface area contributed by atoms with Crippen molar-refractivity contribution in [3.8, 4) is 0 Å². The predicted molar refractivity (Wildman–Crippen MR) is 73.1 cm³/mol. The lowest BCUT2D eigenvalue weighted by Crippen LogP contribution is -2.34. The molecule has 1 aromatic rings. The summed E-state index contributed by atoms with van der Waals surface area (Å²) in [4.78, 5) is 2.56. The highest BCUT2D eigenvalue weighted by atomic mass is 16.3. The summed E-state index contributed by atoms with van der Waals surface area (Å²) in [6.07, 6.45) is 5.76. The molecule has 0 radical (unpaired) electrons. The van der Waals surface area contributed by atoms with E-state index in [-0.39, 0.29) is 6.61 Å². The molecule has 0 heterocycles. The Balaban J connectivity index is 1.62. The lowest BCUT2D eigenvalue weighted by molar-refractivity contribution is 0.187. The first-order chi connectivity index (χ1) is 8.78. The number of nitrogens with zero attached hydrogens (tertiary/aromatic N) is 1. The molecular formula is C16H23NO. The molecule has 2 nitrogen and oxygen atoms in total. The molecule has 2 heteroatoms. The molecule has 2 aliphatic carbocycles. The van der Waals surface area contributed by atoms with Gasteiger partial charge in [-0.3, -0.25) is 4.90 Å². The zero-order valence-corrected chi connectivity index (χ0v) is 11.2. The van der Waals surface area contributed by atoms with Crippen molar-refractivity contribution in [2.24, 2.45) is 11.8 Å². The molecule has 18 heavy (non-hydrogen) atoms. The zero-order chi connectivity index (χ0) is 12.5. The van der Waals surface area contributed by atoms with E-state index < -0.39 is 0 Å². The van der Waals surface area contributed by atoms with Crippen LogP contribution in [0.5, 0.6) is 0 Å². The number of aliphatic hydroxyl groups excluding tert-OH is 1. The molecule has 2 fully saturated rings. The molecule has 2 saturated carbocycles. The van der Waals surface area contributed by atoms with Gasteiger partial charge in [-0.2, -0.15) is 0 Å². The van der Waals surface area contributed by atoms with Crippen LogP contribution in [0.4, 0.5) is 0 Å². The standard InChI is InChI=1S/C16H23NO/c1-17(16(14-6-7-14)15-8-9-15)10-12-2-4-13(11-18)5-3-12/h2-5,14-16,18H,6-11H2,1H3. The van der Waals surface area contributed by atoms with Crippen molar-refractivity contribution < 1.29 is 5.11 Å². The topological polar surface area (TPSA) is 23.5 Å². The molecule has 98 valence electrons. The van der Waals surface area contributed by atoms with Crippen LogP contribution in [0.3, 0.4) is 0 Å². The second-order valence-corrected chi connectivity index (χ2v) is 6.06. The van der Waals surface area contributed by atoms with Gasteiger partial charge in [-0.15, -0.1) is 0 Å². The Morgan fingerprint density at radius 1 is 1.06 bits per heavy atom. The van der Waals surface area contributed by atoms with Gasteiger partial charge in [0.05, 0.1) is 6.61 Å². The van der Waals surface area contributed by atoms with Crippen LogP contribution >= 0.6 is 0 Å². The van der Waals surface area contributed by atoms with Gasteiger partial charge in [0, 0.05) is 12.6 Å². The van der Waals surface area contributed by atoms with Gasteiger partial charge in [0.2, 0.25) is 0 Å². The quantitative estimate of drug-likeness (QED) is 0.833. The Morgan fingerprint density at radius 3 is 2.00 bits per heavy atom. The van der Waals surface area contributed by atoms with Gasteiger partial charge in [0.1, 0.15) is 0 Å². The number of benzene rings is 1. The molecule has 0 atom stereocenters. The van der Waals surface area contributed by atoms with Gasteiger partial charge in [0.25, 0.3) is 0 Å². The summed E-state index contributed by atoms with van der Waals surface area (Å²) >= 11 is 0. The van der Waals surface area contributed by atoms with Crippen LogP contribution in [0.1, 0.15) is 36.8 Å². The monoisotopic (exact) mass is 245 g/mol. The summed E-state index contributed by atoms with van der Waals surface area (Å²) < 4.78 is 0. The molecule has 2 aliphatic rings. The lowest BCUT2D eigenvalue weighted by atomic mass is 10.0. The van der Waals surface area contributed by atoms with Crippen molar-refractivity contribution in [1.82, 2.24) is 4.90 Å². The summed E-state index contributed by atoms with van der Waals surface area (Å²) in [6.45, 7) is 1.19. The van der Waals surface area contributed by atoms with Gasteiger partial charge < -0.3 is 5.11 Å². The van der Waals surface area contributed by atoms with Crippen molar-refractivity contribution >= 4 is 0 Å². The average Bonchev–Trinajstić information content (AvgIpc) is 3.24. The minimum Gasteiger partial charge on any atom is -0.392 e. The van der Waals surface area contributed by atoms with Crippen LogP contribution in [-0.4, -0.2) is 23.1 Å². The number of hydrogen-bond acceptors (Lipinski definition) is 2.